The van der Waals surface area contributed by atoms with Crippen LogP contribution in [0.25, 0.3) is 0 Å². The second-order valence-electron chi connectivity index (χ2n) is 3.88. The first-order valence-electron chi connectivity index (χ1n) is 4.88. The van der Waals surface area contributed by atoms with Gasteiger partial charge >= 0.3 is 0 Å². The van der Waals surface area contributed by atoms with Crippen LogP contribution in [0.4, 0.5) is 0 Å². The molecule has 0 aliphatic carbocycles. The Morgan fingerprint density at radius 3 is 2.36 bits per heavy atom. The number of aliphatic hydroxyl groups excluding tert-OH is 1. The van der Waals surface area contributed by atoms with Crippen molar-refractivity contribution in [2.75, 3.05) is 0 Å². The van der Waals surface area contributed by atoms with Gasteiger partial charge in [0.25, 0.3) is 0 Å². The van der Waals surface area contributed by atoms with Gasteiger partial charge in [0.15, 0.2) is 5.78 Å². The quantitative estimate of drug-likeness (QED) is 0.743. The summed E-state index contributed by atoms with van der Waals surface area (Å²) in [6.07, 6.45) is -0.342. The Morgan fingerprint density at radius 1 is 1.29 bits per heavy atom. The number of carbonyl (C=O) groups is 1. The van der Waals surface area contributed by atoms with E-state index in [0.717, 1.165) is 0 Å². The van der Waals surface area contributed by atoms with E-state index in [1.165, 1.54) is 0 Å². The molecule has 1 N–H and O–H groups in total. The van der Waals surface area contributed by atoms with Gasteiger partial charge in [-0.05, 0) is 12.3 Å². The number of ketones is 1. The smallest absolute Gasteiger partial charge is 0.191 e. The SMILES string of the molecule is CC(C)CC(O)C(=O)c1ccccc1. The summed E-state index contributed by atoms with van der Waals surface area (Å²) in [5.41, 5.74) is 0.584. The number of hydrogen-bond acceptors (Lipinski definition) is 2. The Kier molecular flexibility index (Phi) is 3.84. The Labute approximate surface area is 84.6 Å². The van der Waals surface area contributed by atoms with E-state index in [1.54, 1.807) is 24.3 Å². The molecule has 2 nitrogen and oxygen atoms in total. The normalized spacial score (nSPS) is 12.9. The predicted molar refractivity (Wildman–Crippen MR) is 56.2 cm³/mol. The molecule has 0 aliphatic rings. The summed E-state index contributed by atoms with van der Waals surface area (Å²) in [7, 11) is 0. The minimum absolute atomic E-state index is 0.181. The maximum absolute atomic E-state index is 11.6. The van der Waals surface area contributed by atoms with Gasteiger partial charge < -0.3 is 5.11 Å². The number of carbonyl (C=O) groups excluding carboxylic acids is 1. The molecule has 1 aromatic rings. The highest BCUT2D eigenvalue weighted by Gasteiger charge is 2.17. The molecule has 2 heteroatoms. The third-order valence-electron chi connectivity index (χ3n) is 2.06. The number of benzene rings is 1. The van der Waals surface area contributed by atoms with E-state index < -0.39 is 6.10 Å². The van der Waals surface area contributed by atoms with E-state index in [1.807, 2.05) is 19.9 Å². The molecule has 0 fully saturated rings. The molecule has 1 atom stereocenters. The van der Waals surface area contributed by atoms with Crippen LogP contribution in [-0.2, 0) is 0 Å². The van der Waals surface area contributed by atoms with Gasteiger partial charge in [0.2, 0.25) is 0 Å². The molecule has 0 saturated carbocycles. The van der Waals surface area contributed by atoms with Gasteiger partial charge in [0, 0.05) is 5.56 Å². The molecular weight excluding hydrogens is 176 g/mol. The van der Waals surface area contributed by atoms with Crippen molar-refractivity contribution in [3.05, 3.63) is 35.9 Å². The van der Waals surface area contributed by atoms with Gasteiger partial charge in [-0.1, -0.05) is 44.2 Å². The first-order valence-corrected chi connectivity index (χ1v) is 4.88. The fourth-order valence-corrected chi connectivity index (χ4v) is 1.35. The molecule has 0 bridgehead atoms. The van der Waals surface area contributed by atoms with Gasteiger partial charge in [-0.2, -0.15) is 0 Å². The molecular formula is C12H16O2. The molecule has 1 unspecified atom stereocenters. The molecule has 0 aromatic heterocycles. The second-order valence-corrected chi connectivity index (χ2v) is 3.88. The molecule has 0 spiro atoms. The van der Waals surface area contributed by atoms with Gasteiger partial charge in [0.05, 0.1) is 0 Å². The van der Waals surface area contributed by atoms with Crippen molar-refractivity contribution in [3.8, 4) is 0 Å². The third kappa shape index (κ3) is 2.96. The standard InChI is InChI=1S/C12H16O2/c1-9(2)8-11(13)12(14)10-6-4-3-5-7-10/h3-7,9,11,13H,8H2,1-2H3. The topological polar surface area (TPSA) is 37.3 Å². The zero-order chi connectivity index (χ0) is 10.6. The van der Waals surface area contributed by atoms with Crippen molar-refractivity contribution in [2.45, 2.75) is 26.4 Å². The van der Waals surface area contributed by atoms with Crippen LogP contribution in [-0.4, -0.2) is 17.0 Å². The number of aliphatic hydroxyl groups is 1. The van der Waals surface area contributed by atoms with E-state index in [4.69, 9.17) is 0 Å². The molecule has 1 aromatic carbocycles. The van der Waals surface area contributed by atoms with Gasteiger partial charge in [-0.15, -0.1) is 0 Å². The van der Waals surface area contributed by atoms with Crippen molar-refractivity contribution in [1.82, 2.24) is 0 Å². The lowest BCUT2D eigenvalue weighted by molar-refractivity contribution is 0.0704. The van der Waals surface area contributed by atoms with E-state index in [-0.39, 0.29) is 5.78 Å². The number of Topliss-reactive ketones (excluding diaryl/α,β-unsaturated/α-hetero) is 1. The highest BCUT2D eigenvalue weighted by Crippen LogP contribution is 2.10. The zero-order valence-electron chi connectivity index (χ0n) is 8.60. The average Bonchev–Trinajstić information content (AvgIpc) is 2.17. The minimum atomic E-state index is -0.864. The van der Waals surface area contributed by atoms with Crippen LogP contribution >= 0.6 is 0 Å². The Balaban J connectivity index is 2.66. The monoisotopic (exact) mass is 192 g/mol. The molecule has 14 heavy (non-hydrogen) atoms. The van der Waals surface area contributed by atoms with Crippen molar-refractivity contribution in [2.24, 2.45) is 5.92 Å². The fourth-order valence-electron chi connectivity index (χ4n) is 1.35. The molecule has 0 amide bonds. The van der Waals surface area contributed by atoms with Crippen LogP contribution in [0, 0.1) is 5.92 Å². The Morgan fingerprint density at radius 2 is 1.86 bits per heavy atom. The van der Waals surface area contributed by atoms with Crippen LogP contribution in [0.1, 0.15) is 30.6 Å². The fraction of sp³-hybridized carbons (Fsp3) is 0.417. The average molecular weight is 192 g/mol. The summed E-state index contributed by atoms with van der Waals surface area (Å²) < 4.78 is 0. The van der Waals surface area contributed by atoms with Crippen LogP contribution in [0.5, 0.6) is 0 Å². The van der Waals surface area contributed by atoms with Crippen LogP contribution < -0.4 is 0 Å². The lowest BCUT2D eigenvalue weighted by Crippen LogP contribution is -2.22. The van der Waals surface area contributed by atoms with Crippen molar-refractivity contribution in [3.63, 3.8) is 0 Å². The van der Waals surface area contributed by atoms with Gasteiger partial charge in [-0.3, -0.25) is 4.79 Å². The van der Waals surface area contributed by atoms with Gasteiger partial charge in [0.1, 0.15) is 6.10 Å². The highest BCUT2D eigenvalue weighted by molar-refractivity contribution is 5.99. The Bertz CT molecular complexity index is 290. The number of hydrogen-bond donors (Lipinski definition) is 1. The Hall–Kier alpha value is -1.15. The summed E-state index contributed by atoms with van der Waals surface area (Å²) in [5, 5.41) is 9.59. The zero-order valence-corrected chi connectivity index (χ0v) is 8.60. The maximum Gasteiger partial charge on any atom is 0.191 e. The first kappa shape index (κ1) is 10.9. The minimum Gasteiger partial charge on any atom is -0.385 e. The summed E-state index contributed by atoms with van der Waals surface area (Å²) in [6.45, 7) is 3.98. The molecule has 0 saturated heterocycles. The largest absolute Gasteiger partial charge is 0.385 e. The number of rotatable bonds is 4. The molecule has 0 radical (unpaired) electrons. The van der Waals surface area contributed by atoms with E-state index >= 15 is 0 Å². The van der Waals surface area contributed by atoms with Crippen molar-refractivity contribution >= 4 is 5.78 Å². The lowest BCUT2D eigenvalue weighted by atomic mass is 9.99. The molecule has 0 heterocycles. The summed E-state index contributed by atoms with van der Waals surface area (Å²) in [5.74, 6) is 0.150. The summed E-state index contributed by atoms with van der Waals surface area (Å²) in [6, 6.07) is 8.91. The lowest BCUT2D eigenvalue weighted by Gasteiger charge is -2.11. The summed E-state index contributed by atoms with van der Waals surface area (Å²) >= 11 is 0. The second kappa shape index (κ2) is 4.91. The molecule has 1 rings (SSSR count). The van der Waals surface area contributed by atoms with Crippen LogP contribution in [0.2, 0.25) is 0 Å². The van der Waals surface area contributed by atoms with Gasteiger partial charge in [-0.25, -0.2) is 0 Å². The van der Waals surface area contributed by atoms with Crippen molar-refractivity contribution < 1.29 is 9.90 Å². The first-order chi connectivity index (χ1) is 6.61. The summed E-state index contributed by atoms with van der Waals surface area (Å²) in [4.78, 5) is 11.6. The molecule has 76 valence electrons. The predicted octanol–water partition coefficient (Wildman–Crippen LogP) is 2.28. The molecule has 0 aliphatic heterocycles. The van der Waals surface area contributed by atoms with E-state index in [9.17, 15) is 9.90 Å². The maximum atomic E-state index is 11.6. The van der Waals surface area contributed by atoms with E-state index in [2.05, 4.69) is 0 Å². The van der Waals surface area contributed by atoms with Crippen LogP contribution in [0.15, 0.2) is 30.3 Å². The van der Waals surface area contributed by atoms with E-state index in [0.29, 0.717) is 17.9 Å². The van der Waals surface area contributed by atoms with Crippen LogP contribution in [0.3, 0.4) is 0 Å². The van der Waals surface area contributed by atoms with Crippen molar-refractivity contribution in [1.29, 1.82) is 0 Å². The highest BCUT2D eigenvalue weighted by atomic mass is 16.3. The third-order valence-corrected chi connectivity index (χ3v) is 2.06.